The lowest BCUT2D eigenvalue weighted by Crippen LogP contribution is -2.40. The monoisotopic (exact) mass is 404 g/mol. The third-order valence-electron chi connectivity index (χ3n) is 4.54. The van der Waals surface area contributed by atoms with Gasteiger partial charge in [0.05, 0.1) is 30.0 Å². The molecule has 0 unspecified atom stereocenters. The van der Waals surface area contributed by atoms with E-state index in [4.69, 9.17) is 4.74 Å². The van der Waals surface area contributed by atoms with Crippen molar-refractivity contribution in [2.24, 2.45) is 12.1 Å². The summed E-state index contributed by atoms with van der Waals surface area (Å²) in [6, 6.07) is 10.5. The Labute approximate surface area is 164 Å². The van der Waals surface area contributed by atoms with Crippen molar-refractivity contribution in [1.29, 1.82) is 0 Å². The van der Waals surface area contributed by atoms with Gasteiger partial charge in [0.15, 0.2) is 0 Å². The van der Waals surface area contributed by atoms with Crippen molar-refractivity contribution in [2.75, 3.05) is 26.3 Å². The standard InChI is InChI=1S/C19H24N4O4S/c1-22-10-2-3-17(22)15-20-21-19(24)9-6-16-4-7-18(8-5-16)28(25,26)23-11-13-27-14-12-23/h2-5,7-8,10,15H,6,9,11-14H2,1H3,(H,21,24)/b20-15+. The van der Waals surface area contributed by atoms with Crippen LogP contribution in [-0.4, -0.2) is 55.7 Å². The van der Waals surface area contributed by atoms with E-state index in [-0.39, 0.29) is 17.2 Å². The number of hydrogen-bond donors (Lipinski definition) is 1. The van der Waals surface area contributed by atoms with Crippen LogP contribution in [0.2, 0.25) is 0 Å². The summed E-state index contributed by atoms with van der Waals surface area (Å²) in [6.07, 6.45) is 4.25. The number of nitrogens with one attached hydrogen (secondary N) is 1. The highest BCUT2D eigenvalue weighted by atomic mass is 32.2. The normalized spacial score (nSPS) is 15.8. The Balaban J connectivity index is 1.50. The van der Waals surface area contributed by atoms with Gasteiger partial charge in [0.2, 0.25) is 15.9 Å². The molecule has 1 amide bonds. The fourth-order valence-electron chi connectivity index (χ4n) is 2.86. The van der Waals surface area contributed by atoms with Crippen LogP contribution in [0.25, 0.3) is 0 Å². The van der Waals surface area contributed by atoms with Crippen LogP contribution in [0.15, 0.2) is 52.6 Å². The van der Waals surface area contributed by atoms with Crippen LogP contribution in [0, 0.1) is 0 Å². The van der Waals surface area contributed by atoms with Crippen molar-refractivity contribution in [3.8, 4) is 0 Å². The molecule has 1 aromatic carbocycles. The van der Waals surface area contributed by atoms with Crippen molar-refractivity contribution in [1.82, 2.24) is 14.3 Å². The Morgan fingerprint density at radius 3 is 2.57 bits per heavy atom. The first-order chi connectivity index (χ1) is 13.5. The summed E-state index contributed by atoms with van der Waals surface area (Å²) in [5.41, 5.74) is 4.28. The van der Waals surface area contributed by atoms with Gasteiger partial charge in [-0.1, -0.05) is 12.1 Å². The molecule has 8 nitrogen and oxygen atoms in total. The van der Waals surface area contributed by atoms with Crippen LogP contribution in [0.5, 0.6) is 0 Å². The second-order valence-electron chi connectivity index (χ2n) is 6.50. The molecule has 3 rings (SSSR count). The van der Waals surface area contributed by atoms with Crippen molar-refractivity contribution in [3.05, 3.63) is 53.9 Å². The minimum atomic E-state index is -3.49. The molecule has 2 heterocycles. The summed E-state index contributed by atoms with van der Waals surface area (Å²) in [5, 5.41) is 3.94. The van der Waals surface area contributed by atoms with Crippen LogP contribution in [-0.2, 0) is 33.0 Å². The lowest BCUT2D eigenvalue weighted by Gasteiger charge is -2.26. The number of carbonyl (C=O) groups is 1. The molecule has 0 radical (unpaired) electrons. The first-order valence-corrected chi connectivity index (χ1v) is 10.5. The van der Waals surface area contributed by atoms with E-state index in [9.17, 15) is 13.2 Å². The molecule has 2 aromatic rings. The molecular formula is C19H24N4O4S. The van der Waals surface area contributed by atoms with E-state index in [1.54, 1.807) is 30.5 Å². The summed E-state index contributed by atoms with van der Waals surface area (Å²) in [7, 11) is -1.60. The second kappa shape index (κ2) is 9.13. The summed E-state index contributed by atoms with van der Waals surface area (Å²) < 4.78 is 33.7. The summed E-state index contributed by atoms with van der Waals surface area (Å²) in [4.78, 5) is 12.2. The van der Waals surface area contributed by atoms with Gasteiger partial charge in [0.1, 0.15) is 0 Å². The first kappa shape index (κ1) is 20.2. The molecule has 1 aliphatic rings. The van der Waals surface area contributed by atoms with Crippen molar-refractivity contribution < 1.29 is 17.9 Å². The predicted octanol–water partition coefficient (Wildman–Crippen LogP) is 1.13. The Hall–Kier alpha value is -2.49. The van der Waals surface area contributed by atoms with E-state index in [1.165, 1.54) is 4.31 Å². The lowest BCUT2D eigenvalue weighted by molar-refractivity contribution is -0.121. The van der Waals surface area contributed by atoms with E-state index >= 15 is 0 Å². The van der Waals surface area contributed by atoms with E-state index < -0.39 is 10.0 Å². The molecule has 150 valence electrons. The third kappa shape index (κ3) is 5.06. The predicted molar refractivity (Wildman–Crippen MR) is 105 cm³/mol. The zero-order valence-electron chi connectivity index (χ0n) is 15.7. The van der Waals surface area contributed by atoms with Gasteiger partial charge in [-0.05, 0) is 36.2 Å². The van der Waals surface area contributed by atoms with Gasteiger partial charge in [-0.3, -0.25) is 4.79 Å². The number of carbonyl (C=O) groups excluding carboxylic acids is 1. The molecule has 0 saturated carbocycles. The minimum Gasteiger partial charge on any atom is -0.379 e. The van der Waals surface area contributed by atoms with E-state index in [1.807, 2.05) is 29.9 Å². The van der Waals surface area contributed by atoms with Crippen molar-refractivity contribution in [3.63, 3.8) is 0 Å². The smallest absolute Gasteiger partial charge is 0.243 e. The minimum absolute atomic E-state index is 0.199. The van der Waals surface area contributed by atoms with Crippen molar-refractivity contribution >= 4 is 22.1 Å². The number of hydrogen-bond acceptors (Lipinski definition) is 5. The summed E-state index contributed by atoms with van der Waals surface area (Å²) >= 11 is 0. The molecule has 0 aliphatic carbocycles. The number of rotatable bonds is 7. The fourth-order valence-corrected chi connectivity index (χ4v) is 4.26. The molecule has 28 heavy (non-hydrogen) atoms. The van der Waals surface area contributed by atoms with E-state index in [2.05, 4.69) is 10.5 Å². The Kier molecular flexibility index (Phi) is 6.61. The molecule has 1 fully saturated rings. The second-order valence-corrected chi connectivity index (χ2v) is 8.44. The number of sulfonamides is 1. The third-order valence-corrected chi connectivity index (χ3v) is 6.45. The van der Waals surface area contributed by atoms with Gasteiger partial charge < -0.3 is 9.30 Å². The average molecular weight is 404 g/mol. The van der Waals surface area contributed by atoms with E-state index in [0.717, 1.165) is 11.3 Å². The van der Waals surface area contributed by atoms with Crippen molar-refractivity contribution in [2.45, 2.75) is 17.7 Å². The Morgan fingerprint density at radius 1 is 1.21 bits per heavy atom. The fraction of sp³-hybridized carbons (Fsp3) is 0.368. The zero-order chi connectivity index (χ0) is 20.0. The van der Waals surface area contributed by atoms with Crippen LogP contribution in [0.1, 0.15) is 17.7 Å². The van der Waals surface area contributed by atoms with E-state index in [0.29, 0.717) is 32.7 Å². The van der Waals surface area contributed by atoms with Gasteiger partial charge in [-0.25, -0.2) is 13.8 Å². The van der Waals surface area contributed by atoms with Crippen LogP contribution < -0.4 is 5.43 Å². The Morgan fingerprint density at radius 2 is 1.93 bits per heavy atom. The summed E-state index contributed by atoms with van der Waals surface area (Å²) in [5.74, 6) is -0.199. The molecule has 1 aliphatic heterocycles. The number of aryl methyl sites for hydroxylation is 2. The quantitative estimate of drug-likeness (QED) is 0.553. The average Bonchev–Trinajstić information content (AvgIpc) is 3.12. The molecule has 0 bridgehead atoms. The SMILES string of the molecule is Cn1cccc1/C=N/NC(=O)CCc1ccc(S(=O)(=O)N2CCOCC2)cc1. The maximum Gasteiger partial charge on any atom is 0.243 e. The zero-order valence-corrected chi connectivity index (χ0v) is 16.6. The maximum atomic E-state index is 12.6. The van der Waals surface area contributed by atoms with Gasteiger partial charge >= 0.3 is 0 Å². The number of morpholine rings is 1. The maximum absolute atomic E-state index is 12.6. The lowest BCUT2D eigenvalue weighted by atomic mass is 10.1. The topological polar surface area (TPSA) is 93.0 Å². The first-order valence-electron chi connectivity index (χ1n) is 9.07. The number of amides is 1. The number of aromatic nitrogens is 1. The molecule has 1 aromatic heterocycles. The van der Waals surface area contributed by atoms with Crippen LogP contribution in [0.4, 0.5) is 0 Å². The largest absolute Gasteiger partial charge is 0.379 e. The highest BCUT2D eigenvalue weighted by molar-refractivity contribution is 7.89. The highest BCUT2D eigenvalue weighted by Crippen LogP contribution is 2.18. The van der Waals surface area contributed by atoms with Gasteiger partial charge in [-0.15, -0.1) is 0 Å². The van der Waals surface area contributed by atoms with Gasteiger partial charge in [0.25, 0.3) is 0 Å². The number of nitrogens with zero attached hydrogens (tertiary/aromatic N) is 3. The van der Waals surface area contributed by atoms with Crippen LogP contribution >= 0.6 is 0 Å². The highest BCUT2D eigenvalue weighted by Gasteiger charge is 2.26. The molecule has 0 spiro atoms. The molecule has 0 atom stereocenters. The van der Waals surface area contributed by atoms with Crippen LogP contribution in [0.3, 0.4) is 0 Å². The number of hydrazone groups is 1. The molecular weight excluding hydrogens is 380 g/mol. The Bertz CT molecular complexity index is 929. The molecule has 1 N–H and O–H groups in total. The van der Waals surface area contributed by atoms with Gasteiger partial charge in [-0.2, -0.15) is 9.41 Å². The molecule has 1 saturated heterocycles. The number of ether oxygens (including phenoxy) is 1. The molecule has 9 heteroatoms. The number of benzene rings is 1. The summed E-state index contributed by atoms with van der Waals surface area (Å²) in [6.45, 7) is 1.57. The van der Waals surface area contributed by atoms with Gasteiger partial charge in [0, 0.05) is 32.8 Å².